The van der Waals surface area contributed by atoms with Gasteiger partial charge in [-0.05, 0) is 31.8 Å². The van der Waals surface area contributed by atoms with Crippen molar-refractivity contribution >= 4 is 29.1 Å². The predicted molar refractivity (Wildman–Crippen MR) is 83.5 cm³/mol. The van der Waals surface area contributed by atoms with Crippen LogP contribution in [0.15, 0.2) is 24.3 Å². The van der Waals surface area contributed by atoms with Gasteiger partial charge in [-0.1, -0.05) is 23.7 Å². The van der Waals surface area contributed by atoms with E-state index in [9.17, 15) is 4.79 Å². The van der Waals surface area contributed by atoms with Gasteiger partial charge in [0.15, 0.2) is 0 Å². The van der Waals surface area contributed by atoms with Crippen molar-refractivity contribution in [2.45, 2.75) is 10.8 Å². The summed E-state index contributed by atoms with van der Waals surface area (Å²) in [7, 11) is 7.53. The second-order valence-electron chi connectivity index (χ2n) is 5.85. The summed E-state index contributed by atoms with van der Waals surface area (Å²) in [6, 6.07) is 7.45. The summed E-state index contributed by atoms with van der Waals surface area (Å²) in [5.41, 5.74) is 0.326. The van der Waals surface area contributed by atoms with Gasteiger partial charge in [-0.15, -0.1) is 11.6 Å². The normalized spacial score (nSPS) is 28.6. The third kappa shape index (κ3) is 2.43. The molecule has 1 saturated carbocycles. The average molecular weight is 315 g/mol. The first-order chi connectivity index (χ1) is 9.31. The average Bonchev–Trinajstić information content (AvgIpc) is 2.94. The topological polar surface area (TPSA) is 23.6 Å². The maximum absolute atomic E-state index is 12.7. The van der Waals surface area contributed by atoms with Gasteiger partial charge in [0.2, 0.25) is 5.91 Å². The van der Waals surface area contributed by atoms with E-state index >= 15 is 0 Å². The number of likely N-dealkylation sites (N-methyl/N-ethyl adjacent to an activating group) is 1. The summed E-state index contributed by atoms with van der Waals surface area (Å²) >= 11 is 12.5. The lowest BCUT2D eigenvalue weighted by Gasteiger charge is -2.23. The molecule has 0 aliphatic heterocycles. The maximum Gasteiger partial charge on any atom is 0.234 e. The number of nitrogens with zero attached hydrogens (tertiary/aromatic N) is 2. The monoisotopic (exact) mass is 314 g/mol. The standard InChI is InChI=1S/C15H20Cl2N2O/c1-18(2)9-12-13(17)15(12,14(20)19(3)4)10-5-7-11(16)8-6-10/h5-8,12-13H,9H2,1-4H3. The first kappa shape index (κ1) is 15.6. The zero-order valence-corrected chi connectivity index (χ0v) is 13.7. The highest BCUT2D eigenvalue weighted by Crippen LogP contribution is 2.59. The molecule has 0 heterocycles. The molecule has 0 saturated heterocycles. The Labute approximate surface area is 130 Å². The summed E-state index contributed by atoms with van der Waals surface area (Å²) in [6.45, 7) is 0.788. The van der Waals surface area contributed by atoms with E-state index in [0.29, 0.717) is 5.02 Å². The van der Waals surface area contributed by atoms with Crippen LogP contribution in [0, 0.1) is 5.92 Å². The van der Waals surface area contributed by atoms with Gasteiger partial charge in [0.05, 0.1) is 10.8 Å². The molecule has 0 spiro atoms. The number of rotatable bonds is 4. The van der Waals surface area contributed by atoms with Gasteiger partial charge in [0.1, 0.15) is 0 Å². The van der Waals surface area contributed by atoms with Crippen molar-refractivity contribution in [1.82, 2.24) is 9.80 Å². The van der Waals surface area contributed by atoms with Crippen molar-refractivity contribution in [2.75, 3.05) is 34.7 Å². The molecule has 0 radical (unpaired) electrons. The van der Waals surface area contributed by atoms with E-state index in [2.05, 4.69) is 4.90 Å². The molecule has 1 fully saturated rings. The van der Waals surface area contributed by atoms with Crippen LogP contribution in [0.2, 0.25) is 5.02 Å². The Balaban J connectivity index is 2.42. The van der Waals surface area contributed by atoms with Crippen molar-refractivity contribution in [3.63, 3.8) is 0 Å². The van der Waals surface area contributed by atoms with Crippen LogP contribution < -0.4 is 0 Å². The van der Waals surface area contributed by atoms with Gasteiger partial charge < -0.3 is 9.80 Å². The first-order valence-electron chi connectivity index (χ1n) is 6.58. The Kier molecular flexibility index (Phi) is 4.33. The van der Waals surface area contributed by atoms with Crippen LogP contribution in [0.4, 0.5) is 0 Å². The molecule has 0 aromatic heterocycles. The Morgan fingerprint density at radius 3 is 2.20 bits per heavy atom. The first-order valence-corrected chi connectivity index (χ1v) is 7.39. The molecule has 2 rings (SSSR count). The van der Waals surface area contributed by atoms with Crippen molar-refractivity contribution in [3.8, 4) is 0 Å². The van der Waals surface area contributed by atoms with Gasteiger partial charge in [-0.2, -0.15) is 0 Å². The number of halogens is 2. The van der Waals surface area contributed by atoms with E-state index in [-0.39, 0.29) is 17.2 Å². The lowest BCUT2D eigenvalue weighted by molar-refractivity contribution is -0.131. The molecule has 3 unspecified atom stereocenters. The van der Waals surface area contributed by atoms with Crippen LogP contribution in [0.5, 0.6) is 0 Å². The third-order valence-corrected chi connectivity index (χ3v) is 4.81. The Bertz CT molecular complexity index is 501. The quantitative estimate of drug-likeness (QED) is 0.797. The minimum atomic E-state index is -0.625. The number of carbonyl (C=O) groups excluding carboxylic acids is 1. The minimum Gasteiger partial charge on any atom is -0.348 e. The molecular formula is C15H20Cl2N2O. The number of alkyl halides is 1. The Hall–Kier alpha value is -0.770. The van der Waals surface area contributed by atoms with E-state index in [1.54, 1.807) is 19.0 Å². The van der Waals surface area contributed by atoms with Crippen LogP contribution >= 0.6 is 23.2 Å². The lowest BCUT2D eigenvalue weighted by atomic mass is 9.91. The van der Waals surface area contributed by atoms with E-state index in [0.717, 1.165) is 12.1 Å². The van der Waals surface area contributed by atoms with Crippen LogP contribution in [-0.4, -0.2) is 55.8 Å². The zero-order valence-electron chi connectivity index (χ0n) is 12.2. The molecule has 3 nitrogen and oxygen atoms in total. The molecule has 1 aliphatic carbocycles. The molecule has 5 heteroatoms. The molecule has 1 aromatic rings. The fraction of sp³-hybridized carbons (Fsp3) is 0.533. The Morgan fingerprint density at radius 2 is 1.75 bits per heavy atom. The highest BCUT2D eigenvalue weighted by molar-refractivity contribution is 6.30. The third-order valence-electron chi connectivity index (χ3n) is 3.91. The fourth-order valence-corrected chi connectivity index (χ4v) is 3.62. The highest BCUT2D eigenvalue weighted by atomic mass is 35.5. The number of hydrogen-bond donors (Lipinski definition) is 0. The lowest BCUT2D eigenvalue weighted by Crippen LogP contribution is -2.37. The van der Waals surface area contributed by atoms with Crippen molar-refractivity contribution < 1.29 is 4.79 Å². The zero-order chi connectivity index (χ0) is 15.1. The van der Waals surface area contributed by atoms with Gasteiger partial charge in [0, 0.05) is 31.6 Å². The number of amides is 1. The van der Waals surface area contributed by atoms with Crippen molar-refractivity contribution in [2.24, 2.45) is 5.92 Å². The molecule has 20 heavy (non-hydrogen) atoms. The molecule has 1 amide bonds. The van der Waals surface area contributed by atoms with Crippen molar-refractivity contribution in [3.05, 3.63) is 34.9 Å². The summed E-state index contributed by atoms with van der Waals surface area (Å²) in [5, 5.41) is 0.484. The number of carbonyl (C=O) groups is 1. The molecule has 0 bridgehead atoms. The molecule has 0 N–H and O–H groups in total. The minimum absolute atomic E-state index is 0.0617. The van der Waals surface area contributed by atoms with Gasteiger partial charge in [-0.25, -0.2) is 0 Å². The smallest absolute Gasteiger partial charge is 0.234 e. The molecule has 110 valence electrons. The highest BCUT2D eigenvalue weighted by Gasteiger charge is 2.70. The largest absolute Gasteiger partial charge is 0.348 e. The van der Waals surface area contributed by atoms with Gasteiger partial charge in [-0.3, -0.25) is 4.79 Å². The Morgan fingerprint density at radius 1 is 1.20 bits per heavy atom. The van der Waals surface area contributed by atoms with E-state index in [1.165, 1.54) is 0 Å². The number of benzene rings is 1. The summed E-state index contributed by atoms with van der Waals surface area (Å²) in [5.74, 6) is 0.182. The molecular weight excluding hydrogens is 295 g/mol. The second kappa shape index (κ2) is 5.55. The summed E-state index contributed by atoms with van der Waals surface area (Å²) < 4.78 is 0. The fourth-order valence-electron chi connectivity index (χ4n) is 2.91. The second-order valence-corrected chi connectivity index (χ2v) is 6.75. The van der Waals surface area contributed by atoms with E-state index in [4.69, 9.17) is 23.2 Å². The molecule has 3 atom stereocenters. The van der Waals surface area contributed by atoms with Crippen LogP contribution in [-0.2, 0) is 10.2 Å². The number of hydrogen-bond acceptors (Lipinski definition) is 2. The maximum atomic E-state index is 12.7. The molecule has 1 aromatic carbocycles. The SMILES string of the molecule is CN(C)CC1C(Cl)C1(C(=O)N(C)C)c1ccc(Cl)cc1. The summed E-state index contributed by atoms with van der Waals surface area (Å²) in [4.78, 5) is 16.4. The van der Waals surface area contributed by atoms with Crippen LogP contribution in [0.1, 0.15) is 5.56 Å². The summed E-state index contributed by atoms with van der Waals surface area (Å²) in [6.07, 6.45) is 0. The predicted octanol–water partition coefficient (Wildman–Crippen LogP) is 2.46. The van der Waals surface area contributed by atoms with Crippen LogP contribution in [0.25, 0.3) is 0 Å². The van der Waals surface area contributed by atoms with Crippen LogP contribution in [0.3, 0.4) is 0 Å². The van der Waals surface area contributed by atoms with Gasteiger partial charge in [0.25, 0.3) is 0 Å². The van der Waals surface area contributed by atoms with E-state index < -0.39 is 5.41 Å². The van der Waals surface area contributed by atoms with Crippen molar-refractivity contribution in [1.29, 1.82) is 0 Å². The van der Waals surface area contributed by atoms with Gasteiger partial charge >= 0.3 is 0 Å². The van der Waals surface area contributed by atoms with E-state index in [1.807, 2.05) is 38.4 Å². The molecule has 1 aliphatic rings.